The van der Waals surface area contributed by atoms with Crippen LogP contribution in [-0.2, 0) is 4.79 Å². The maximum absolute atomic E-state index is 11.7. The third-order valence-electron chi connectivity index (χ3n) is 2.78. The average molecular weight is 358 g/mol. The number of carbonyl (C=O) groups excluding carboxylic acids is 3. The Bertz CT molecular complexity index is 542. The standard InChI is InChI=1S/C12H11IN2O3/c1-7-2-3-8(11(13)17)6-9(7)15-5-4-10(16)14-12(15)18/h2-3,6H,4-5H2,1H3,(H,14,16,18). The van der Waals surface area contributed by atoms with Crippen molar-refractivity contribution in [3.05, 3.63) is 29.3 Å². The third kappa shape index (κ3) is 2.53. The molecule has 0 aliphatic carbocycles. The molecule has 0 bridgehead atoms. The minimum atomic E-state index is -0.438. The summed E-state index contributed by atoms with van der Waals surface area (Å²) in [7, 11) is 0. The van der Waals surface area contributed by atoms with Gasteiger partial charge in [0.25, 0.3) is 0 Å². The Morgan fingerprint density at radius 2 is 2.11 bits per heavy atom. The summed E-state index contributed by atoms with van der Waals surface area (Å²) in [6.07, 6.45) is 0.271. The minimum Gasteiger partial charge on any atom is -0.293 e. The van der Waals surface area contributed by atoms with Crippen LogP contribution in [0.4, 0.5) is 10.5 Å². The van der Waals surface area contributed by atoms with Crippen LogP contribution in [0.5, 0.6) is 0 Å². The highest BCUT2D eigenvalue weighted by molar-refractivity contribution is 14.1. The van der Waals surface area contributed by atoms with E-state index >= 15 is 0 Å². The van der Waals surface area contributed by atoms with Crippen LogP contribution in [0.25, 0.3) is 0 Å². The molecule has 1 saturated heterocycles. The number of hydrogen-bond acceptors (Lipinski definition) is 3. The van der Waals surface area contributed by atoms with Crippen LogP contribution in [0.1, 0.15) is 22.3 Å². The first-order valence-electron chi connectivity index (χ1n) is 5.41. The summed E-state index contributed by atoms with van der Waals surface area (Å²) >= 11 is 1.70. The SMILES string of the molecule is Cc1ccc(C(=O)I)cc1N1CCC(=O)NC1=O. The molecule has 6 heteroatoms. The number of halogens is 1. The zero-order valence-electron chi connectivity index (χ0n) is 9.70. The fraction of sp³-hybridized carbons (Fsp3) is 0.250. The van der Waals surface area contributed by atoms with Crippen molar-refractivity contribution in [1.29, 1.82) is 0 Å². The van der Waals surface area contributed by atoms with Crippen molar-refractivity contribution in [2.24, 2.45) is 0 Å². The quantitative estimate of drug-likeness (QED) is 0.650. The van der Waals surface area contributed by atoms with Gasteiger partial charge in [-0.05, 0) is 18.6 Å². The Kier molecular flexibility index (Phi) is 3.65. The molecular formula is C12H11IN2O3. The zero-order valence-corrected chi connectivity index (χ0v) is 11.9. The number of carbonyl (C=O) groups is 3. The highest BCUT2D eigenvalue weighted by Crippen LogP contribution is 2.24. The molecular weight excluding hydrogens is 347 g/mol. The Hall–Kier alpha value is -1.44. The number of imide groups is 1. The molecule has 1 aromatic rings. The summed E-state index contributed by atoms with van der Waals surface area (Å²) in [5, 5.41) is 2.27. The summed E-state index contributed by atoms with van der Waals surface area (Å²) in [5.74, 6) is -0.268. The Labute approximate surface area is 118 Å². The summed E-state index contributed by atoms with van der Waals surface area (Å²) in [4.78, 5) is 35.7. The summed E-state index contributed by atoms with van der Waals surface area (Å²) in [6, 6.07) is 4.76. The van der Waals surface area contributed by atoms with Crippen molar-refractivity contribution in [1.82, 2.24) is 5.32 Å². The highest BCUT2D eigenvalue weighted by Gasteiger charge is 2.25. The van der Waals surface area contributed by atoms with E-state index in [2.05, 4.69) is 5.32 Å². The van der Waals surface area contributed by atoms with Gasteiger partial charge in [0.05, 0.1) is 0 Å². The molecule has 1 aliphatic rings. The van der Waals surface area contributed by atoms with Gasteiger partial charge < -0.3 is 0 Å². The van der Waals surface area contributed by atoms with Crippen LogP contribution in [0.2, 0.25) is 0 Å². The van der Waals surface area contributed by atoms with E-state index in [1.807, 2.05) is 6.92 Å². The van der Waals surface area contributed by atoms with Crippen LogP contribution < -0.4 is 10.2 Å². The van der Waals surface area contributed by atoms with E-state index in [9.17, 15) is 14.4 Å². The number of hydrogen-bond donors (Lipinski definition) is 1. The fourth-order valence-corrected chi connectivity index (χ4v) is 2.15. The van der Waals surface area contributed by atoms with Crippen LogP contribution in [0.3, 0.4) is 0 Å². The van der Waals surface area contributed by atoms with E-state index < -0.39 is 6.03 Å². The van der Waals surface area contributed by atoms with Crippen molar-refractivity contribution >= 4 is 44.0 Å². The largest absolute Gasteiger partial charge is 0.328 e. The van der Waals surface area contributed by atoms with Gasteiger partial charge in [-0.2, -0.15) is 0 Å². The van der Waals surface area contributed by atoms with Gasteiger partial charge >= 0.3 is 6.03 Å². The third-order valence-corrected chi connectivity index (χ3v) is 3.40. The van der Waals surface area contributed by atoms with Crippen molar-refractivity contribution in [2.75, 3.05) is 11.4 Å². The van der Waals surface area contributed by atoms with Crippen molar-refractivity contribution in [3.8, 4) is 0 Å². The average Bonchev–Trinajstić information content (AvgIpc) is 2.30. The second-order valence-electron chi connectivity index (χ2n) is 4.03. The van der Waals surface area contributed by atoms with Crippen molar-refractivity contribution in [3.63, 3.8) is 0 Å². The Balaban J connectivity index is 2.38. The highest BCUT2D eigenvalue weighted by atomic mass is 127. The van der Waals surface area contributed by atoms with Gasteiger partial charge in [0, 0.05) is 46.8 Å². The molecule has 94 valence electrons. The lowest BCUT2D eigenvalue weighted by Crippen LogP contribution is -2.49. The molecule has 1 aliphatic heterocycles. The number of anilines is 1. The van der Waals surface area contributed by atoms with Gasteiger partial charge in [0.15, 0.2) is 0 Å². The van der Waals surface area contributed by atoms with Gasteiger partial charge in [0.2, 0.25) is 9.70 Å². The topological polar surface area (TPSA) is 66.5 Å². The molecule has 1 aromatic carbocycles. The maximum Gasteiger partial charge on any atom is 0.328 e. The molecule has 5 nitrogen and oxygen atoms in total. The maximum atomic E-state index is 11.7. The van der Waals surface area contributed by atoms with E-state index in [1.165, 1.54) is 4.90 Å². The Morgan fingerprint density at radius 1 is 1.39 bits per heavy atom. The van der Waals surface area contributed by atoms with Crippen molar-refractivity contribution < 1.29 is 14.4 Å². The summed E-state index contributed by atoms with van der Waals surface area (Å²) in [6.45, 7) is 2.20. The Morgan fingerprint density at radius 3 is 2.72 bits per heavy atom. The lowest BCUT2D eigenvalue weighted by Gasteiger charge is -2.28. The molecule has 0 radical (unpaired) electrons. The molecule has 0 unspecified atom stereocenters. The molecule has 0 spiro atoms. The lowest BCUT2D eigenvalue weighted by atomic mass is 10.1. The normalized spacial score (nSPS) is 15.6. The molecule has 18 heavy (non-hydrogen) atoms. The first-order chi connectivity index (χ1) is 8.49. The number of nitrogens with zero attached hydrogens (tertiary/aromatic N) is 1. The molecule has 0 saturated carbocycles. The van der Waals surface area contributed by atoms with Crippen molar-refractivity contribution in [2.45, 2.75) is 13.3 Å². The molecule has 2 rings (SSSR count). The molecule has 1 heterocycles. The lowest BCUT2D eigenvalue weighted by molar-refractivity contribution is -0.120. The monoisotopic (exact) mass is 358 g/mol. The van der Waals surface area contributed by atoms with E-state index in [-0.39, 0.29) is 16.1 Å². The van der Waals surface area contributed by atoms with Crippen LogP contribution in [-0.4, -0.2) is 22.3 Å². The minimum absolute atomic E-state index is 0.0812. The molecule has 3 amide bonds. The van der Waals surface area contributed by atoms with Crippen LogP contribution >= 0.6 is 22.6 Å². The molecule has 0 atom stereocenters. The number of urea groups is 1. The fourth-order valence-electron chi connectivity index (χ4n) is 1.82. The predicted octanol–water partition coefficient (Wildman–Crippen LogP) is 2.02. The predicted molar refractivity (Wildman–Crippen MR) is 75.0 cm³/mol. The molecule has 1 fully saturated rings. The number of benzene rings is 1. The molecule has 0 aromatic heterocycles. The van der Waals surface area contributed by atoms with Crippen LogP contribution in [0, 0.1) is 6.92 Å². The van der Waals surface area contributed by atoms with Gasteiger partial charge in [0.1, 0.15) is 0 Å². The first kappa shape index (κ1) is 13.0. The number of nitrogens with one attached hydrogen (secondary N) is 1. The van der Waals surface area contributed by atoms with Crippen LogP contribution in [0.15, 0.2) is 18.2 Å². The van der Waals surface area contributed by atoms with Gasteiger partial charge in [-0.15, -0.1) is 0 Å². The summed E-state index contributed by atoms with van der Waals surface area (Å²) < 4.78 is -0.0812. The summed E-state index contributed by atoms with van der Waals surface area (Å²) in [5.41, 5.74) is 2.10. The van der Waals surface area contributed by atoms with E-state index in [4.69, 9.17) is 0 Å². The smallest absolute Gasteiger partial charge is 0.293 e. The first-order valence-corrected chi connectivity index (χ1v) is 6.49. The van der Waals surface area contributed by atoms with E-state index in [0.29, 0.717) is 17.8 Å². The number of aryl methyl sites for hydroxylation is 1. The van der Waals surface area contributed by atoms with Gasteiger partial charge in [-0.3, -0.25) is 19.8 Å². The second kappa shape index (κ2) is 5.05. The van der Waals surface area contributed by atoms with E-state index in [0.717, 1.165) is 5.56 Å². The number of amides is 3. The van der Waals surface area contributed by atoms with Gasteiger partial charge in [-0.25, -0.2) is 4.79 Å². The second-order valence-corrected chi connectivity index (χ2v) is 5.01. The molecule has 1 N–H and O–H groups in total. The van der Waals surface area contributed by atoms with E-state index in [1.54, 1.807) is 40.8 Å². The zero-order chi connectivity index (χ0) is 13.3. The van der Waals surface area contributed by atoms with Gasteiger partial charge in [-0.1, -0.05) is 12.1 Å². The number of rotatable bonds is 2.